The van der Waals surface area contributed by atoms with Gasteiger partial charge in [-0.3, -0.25) is 14.2 Å². The Hall–Kier alpha value is -2.67. The number of rotatable bonds is 8. The molecule has 0 radical (unpaired) electrons. The summed E-state index contributed by atoms with van der Waals surface area (Å²) in [6, 6.07) is 7.50. The van der Waals surface area contributed by atoms with Gasteiger partial charge in [-0.25, -0.2) is 4.98 Å². The molecule has 142 valence electrons. The molecule has 0 bridgehead atoms. The van der Waals surface area contributed by atoms with E-state index in [1.54, 1.807) is 7.11 Å². The first-order valence-electron chi connectivity index (χ1n) is 8.90. The van der Waals surface area contributed by atoms with Crippen molar-refractivity contribution in [3.8, 4) is 16.9 Å². The number of esters is 1. The Kier molecular flexibility index (Phi) is 6.24. The summed E-state index contributed by atoms with van der Waals surface area (Å²) in [5, 5.41) is 2.43. The van der Waals surface area contributed by atoms with Crippen LogP contribution in [-0.4, -0.2) is 29.2 Å². The number of hydrogen-bond acceptors (Lipinski definition) is 6. The molecule has 0 aliphatic carbocycles. The molecule has 2 heterocycles. The van der Waals surface area contributed by atoms with Gasteiger partial charge in [-0.05, 0) is 24.1 Å². The largest absolute Gasteiger partial charge is 0.497 e. The predicted octanol–water partition coefficient (Wildman–Crippen LogP) is 3.87. The molecule has 2 aromatic heterocycles. The zero-order valence-electron chi connectivity index (χ0n) is 15.4. The third kappa shape index (κ3) is 4.36. The van der Waals surface area contributed by atoms with Crippen molar-refractivity contribution in [1.82, 2.24) is 9.55 Å². The van der Waals surface area contributed by atoms with E-state index in [4.69, 9.17) is 9.47 Å². The van der Waals surface area contributed by atoms with E-state index in [-0.39, 0.29) is 12.1 Å². The maximum absolute atomic E-state index is 12.9. The quantitative estimate of drug-likeness (QED) is 0.434. The van der Waals surface area contributed by atoms with Crippen LogP contribution in [0.1, 0.15) is 26.2 Å². The van der Waals surface area contributed by atoms with Crippen LogP contribution in [0.3, 0.4) is 0 Å². The van der Waals surface area contributed by atoms with Gasteiger partial charge in [0.25, 0.3) is 5.56 Å². The molecular formula is C20H22N2O4S. The molecule has 3 rings (SSSR count). The lowest BCUT2D eigenvalue weighted by molar-refractivity contribution is -0.144. The molecule has 0 N–H and O–H groups in total. The summed E-state index contributed by atoms with van der Waals surface area (Å²) in [6.45, 7) is 2.34. The molecule has 0 fully saturated rings. The highest BCUT2D eigenvalue weighted by molar-refractivity contribution is 7.17. The van der Waals surface area contributed by atoms with Gasteiger partial charge in [0.05, 0.1) is 25.4 Å². The van der Waals surface area contributed by atoms with Crippen molar-refractivity contribution < 1.29 is 14.3 Å². The number of ether oxygens (including phenoxy) is 2. The van der Waals surface area contributed by atoms with Crippen LogP contribution in [0.2, 0.25) is 0 Å². The van der Waals surface area contributed by atoms with Crippen LogP contribution in [0.25, 0.3) is 21.3 Å². The van der Waals surface area contributed by atoms with Crippen molar-refractivity contribution in [1.29, 1.82) is 0 Å². The molecule has 1 aromatic carbocycles. The Morgan fingerprint density at radius 3 is 2.70 bits per heavy atom. The number of aromatic nitrogens is 2. The van der Waals surface area contributed by atoms with Crippen molar-refractivity contribution in [3.63, 3.8) is 0 Å². The van der Waals surface area contributed by atoms with Gasteiger partial charge in [-0.15, -0.1) is 11.3 Å². The fraction of sp³-hybridized carbons (Fsp3) is 0.350. The minimum atomic E-state index is -0.421. The summed E-state index contributed by atoms with van der Waals surface area (Å²) in [4.78, 5) is 29.9. The summed E-state index contributed by atoms with van der Waals surface area (Å²) in [6.07, 6.45) is 4.32. The predicted molar refractivity (Wildman–Crippen MR) is 106 cm³/mol. The average Bonchev–Trinajstić information content (AvgIpc) is 3.12. The molecule has 3 aromatic rings. The standard InChI is InChI=1S/C20H22N2O4S/c1-3-4-5-10-26-17(23)11-22-13-21-19-18(20(22)24)16(12-27-19)14-6-8-15(25-2)9-7-14/h6-9,12-13H,3-5,10-11H2,1-2H3. The molecule has 0 saturated carbocycles. The highest BCUT2D eigenvalue weighted by atomic mass is 32.1. The van der Waals surface area contributed by atoms with Crippen LogP contribution in [0.4, 0.5) is 0 Å². The molecular weight excluding hydrogens is 364 g/mol. The third-order valence-corrected chi connectivity index (χ3v) is 5.16. The molecule has 0 unspecified atom stereocenters. The number of thiophene rings is 1. The first-order chi connectivity index (χ1) is 13.1. The highest BCUT2D eigenvalue weighted by Gasteiger charge is 2.15. The van der Waals surface area contributed by atoms with Crippen molar-refractivity contribution in [3.05, 3.63) is 46.3 Å². The van der Waals surface area contributed by atoms with E-state index in [2.05, 4.69) is 11.9 Å². The summed E-state index contributed by atoms with van der Waals surface area (Å²) in [5.41, 5.74) is 1.47. The first-order valence-corrected chi connectivity index (χ1v) is 9.78. The second-order valence-corrected chi connectivity index (χ2v) is 7.02. The number of fused-ring (bicyclic) bond motifs is 1. The second kappa shape index (κ2) is 8.81. The number of carbonyl (C=O) groups is 1. The molecule has 0 amide bonds. The lowest BCUT2D eigenvalue weighted by Gasteiger charge is -2.07. The molecule has 0 atom stereocenters. The average molecular weight is 386 g/mol. The fourth-order valence-electron chi connectivity index (χ4n) is 2.79. The number of methoxy groups -OCH3 is 1. The zero-order chi connectivity index (χ0) is 19.2. The van der Waals surface area contributed by atoms with E-state index in [1.165, 1.54) is 22.2 Å². The van der Waals surface area contributed by atoms with Crippen molar-refractivity contribution in [2.75, 3.05) is 13.7 Å². The highest BCUT2D eigenvalue weighted by Crippen LogP contribution is 2.31. The molecule has 0 aliphatic rings. The van der Waals surface area contributed by atoms with E-state index in [0.29, 0.717) is 16.8 Å². The number of nitrogens with zero attached hydrogens (tertiary/aromatic N) is 2. The van der Waals surface area contributed by atoms with Gasteiger partial charge in [0.2, 0.25) is 0 Å². The minimum Gasteiger partial charge on any atom is -0.497 e. The number of unbranched alkanes of at least 4 members (excludes halogenated alkanes) is 2. The van der Waals surface area contributed by atoms with Crippen LogP contribution in [-0.2, 0) is 16.1 Å². The molecule has 0 aliphatic heterocycles. The Morgan fingerprint density at radius 2 is 2.00 bits per heavy atom. The third-order valence-electron chi connectivity index (χ3n) is 4.27. The van der Waals surface area contributed by atoms with E-state index >= 15 is 0 Å². The van der Waals surface area contributed by atoms with E-state index in [1.807, 2.05) is 29.6 Å². The lowest BCUT2D eigenvalue weighted by Crippen LogP contribution is -2.25. The van der Waals surface area contributed by atoms with Gasteiger partial charge < -0.3 is 9.47 Å². The van der Waals surface area contributed by atoms with Crippen LogP contribution >= 0.6 is 11.3 Å². The summed E-state index contributed by atoms with van der Waals surface area (Å²) in [7, 11) is 1.61. The Morgan fingerprint density at radius 1 is 1.22 bits per heavy atom. The van der Waals surface area contributed by atoms with Gasteiger partial charge in [-0.2, -0.15) is 0 Å². The fourth-order valence-corrected chi connectivity index (χ4v) is 3.69. The van der Waals surface area contributed by atoms with Crippen LogP contribution < -0.4 is 10.3 Å². The molecule has 27 heavy (non-hydrogen) atoms. The van der Waals surface area contributed by atoms with Crippen molar-refractivity contribution in [2.45, 2.75) is 32.7 Å². The SMILES string of the molecule is CCCCCOC(=O)Cn1cnc2scc(-c3ccc(OC)cc3)c2c1=O. The van der Waals surface area contributed by atoms with Crippen molar-refractivity contribution in [2.24, 2.45) is 0 Å². The molecule has 6 nitrogen and oxygen atoms in total. The topological polar surface area (TPSA) is 70.4 Å². The smallest absolute Gasteiger partial charge is 0.326 e. The maximum atomic E-state index is 12.9. The molecule has 0 spiro atoms. The van der Waals surface area contributed by atoms with Gasteiger partial charge in [-0.1, -0.05) is 31.9 Å². The maximum Gasteiger partial charge on any atom is 0.326 e. The molecule has 0 saturated heterocycles. The van der Waals surface area contributed by atoms with E-state index in [9.17, 15) is 9.59 Å². The van der Waals surface area contributed by atoms with Gasteiger partial charge in [0.15, 0.2) is 0 Å². The number of hydrogen-bond donors (Lipinski definition) is 0. The Labute approximate surface area is 161 Å². The summed E-state index contributed by atoms with van der Waals surface area (Å²) < 4.78 is 11.7. The Balaban J connectivity index is 1.85. The van der Waals surface area contributed by atoms with Gasteiger partial charge in [0, 0.05) is 10.9 Å². The summed E-state index contributed by atoms with van der Waals surface area (Å²) in [5.74, 6) is 0.329. The first kappa shape index (κ1) is 19.1. The van der Waals surface area contributed by atoms with Gasteiger partial charge in [0.1, 0.15) is 17.1 Å². The number of carbonyl (C=O) groups excluding carboxylic acids is 1. The Bertz CT molecular complexity index is 976. The van der Waals surface area contributed by atoms with E-state index < -0.39 is 5.97 Å². The zero-order valence-corrected chi connectivity index (χ0v) is 16.3. The van der Waals surface area contributed by atoms with E-state index in [0.717, 1.165) is 36.1 Å². The molecule has 7 heteroatoms. The van der Waals surface area contributed by atoms with Crippen LogP contribution in [0.5, 0.6) is 5.75 Å². The van der Waals surface area contributed by atoms with Crippen molar-refractivity contribution >= 4 is 27.5 Å². The number of benzene rings is 1. The van der Waals surface area contributed by atoms with Gasteiger partial charge >= 0.3 is 5.97 Å². The minimum absolute atomic E-state index is 0.133. The lowest BCUT2D eigenvalue weighted by atomic mass is 10.1. The second-order valence-electron chi connectivity index (χ2n) is 6.16. The van der Waals surface area contributed by atoms with Crippen LogP contribution in [0, 0.1) is 0 Å². The monoisotopic (exact) mass is 386 g/mol. The normalized spacial score (nSPS) is 10.9. The summed E-state index contributed by atoms with van der Waals surface area (Å²) >= 11 is 1.41. The van der Waals surface area contributed by atoms with Crippen LogP contribution in [0.15, 0.2) is 40.8 Å².